The van der Waals surface area contributed by atoms with Gasteiger partial charge in [0.1, 0.15) is 26.5 Å². The molecule has 2 aromatic rings. The average molecular weight is 567 g/mol. The fraction of sp³-hybridized carbons (Fsp3) is 0.409. The maximum absolute atomic E-state index is 13.1. The van der Waals surface area contributed by atoms with Crippen molar-refractivity contribution in [1.29, 1.82) is 0 Å². The number of rotatable bonds is 6. The molecule has 0 bridgehead atoms. The molecule has 0 radical (unpaired) electrons. The van der Waals surface area contributed by atoms with Crippen molar-refractivity contribution in [2.24, 2.45) is 5.92 Å². The van der Waals surface area contributed by atoms with Crippen molar-refractivity contribution in [3.63, 3.8) is 0 Å². The summed E-state index contributed by atoms with van der Waals surface area (Å²) in [5.74, 6) is -0.130. The van der Waals surface area contributed by atoms with Gasteiger partial charge < -0.3 is 15.0 Å². The van der Waals surface area contributed by atoms with Crippen LogP contribution in [0.25, 0.3) is 0 Å². The van der Waals surface area contributed by atoms with Gasteiger partial charge in [-0.1, -0.05) is 0 Å². The second-order valence-electron chi connectivity index (χ2n) is 8.57. The summed E-state index contributed by atoms with van der Waals surface area (Å²) in [7, 11) is 0.293. The molecule has 5 rings (SSSR count). The molecular formula is C22H23BrN4O5S2. The van der Waals surface area contributed by atoms with E-state index in [1.807, 2.05) is 22.5 Å². The van der Waals surface area contributed by atoms with Gasteiger partial charge in [-0.25, -0.2) is 13.3 Å². The van der Waals surface area contributed by atoms with Crippen LogP contribution in [0, 0.1) is 5.92 Å². The van der Waals surface area contributed by atoms with E-state index >= 15 is 0 Å². The molecule has 2 N–H and O–H groups in total. The number of carbonyl (C=O) groups excluding carboxylic acids is 3. The lowest BCUT2D eigenvalue weighted by Crippen LogP contribution is -2.62. The highest BCUT2D eigenvalue weighted by Gasteiger charge is 2.54. The van der Waals surface area contributed by atoms with Crippen LogP contribution in [0.5, 0.6) is 5.75 Å². The molecule has 2 atom stereocenters. The molecule has 2 unspecified atom stereocenters. The Hall–Kier alpha value is -2.28. The minimum absolute atomic E-state index is 0.0754. The molecule has 4 heterocycles. The minimum Gasteiger partial charge on any atom is -0.497 e. The molecule has 3 aliphatic heterocycles. The number of halogens is 1. The van der Waals surface area contributed by atoms with Crippen molar-refractivity contribution in [3.8, 4) is 5.75 Å². The lowest BCUT2D eigenvalue weighted by molar-refractivity contribution is -0.127. The Morgan fingerprint density at radius 2 is 1.97 bits per heavy atom. The number of ether oxygens (including phenoxy) is 1. The van der Waals surface area contributed by atoms with Crippen LogP contribution >= 0.6 is 27.3 Å². The number of carbonyl (C=O) groups is 3. The highest BCUT2D eigenvalue weighted by Crippen LogP contribution is 2.36. The third kappa shape index (κ3) is 4.06. The maximum atomic E-state index is 13.1. The molecule has 0 spiro atoms. The Morgan fingerprint density at radius 1 is 1.21 bits per heavy atom. The molecular weight excluding hydrogens is 544 g/mol. The lowest BCUT2D eigenvalue weighted by Gasteiger charge is -2.41. The van der Waals surface area contributed by atoms with Crippen LogP contribution in [0.3, 0.4) is 0 Å². The van der Waals surface area contributed by atoms with E-state index in [2.05, 4.69) is 26.6 Å². The van der Waals surface area contributed by atoms with Crippen LogP contribution in [0.4, 0.5) is 4.79 Å². The predicted molar refractivity (Wildman–Crippen MR) is 130 cm³/mol. The zero-order chi connectivity index (χ0) is 24.0. The Bertz CT molecular complexity index is 1200. The van der Waals surface area contributed by atoms with Crippen LogP contribution in [0.2, 0.25) is 0 Å². The average Bonchev–Trinajstić information content (AvgIpc) is 3.49. The van der Waals surface area contributed by atoms with Gasteiger partial charge in [-0.15, -0.1) is 11.3 Å². The van der Waals surface area contributed by atoms with E-state index in [0.717, 1.165) is 13.6 Å². The smallest absolute Gasteiger partial charge is 0.322 e. The lowest BCUT2D eigenvalue weighted by atomic mass is 9.77. The van der Waals surface area contributed by atoms with E-state index in [4.69, 9.17) is 4.74 Å². The SMILES string of the molecule is COc1ccc2c(c1)CN(CC1(C3CCN(S(=O)c4ccc(Br)s4)CC3)NC(=O)NC1=O)C2=O. The Kier molecular flexibility index (Phi) is 6.25. The number of piperidine rings is 1. The molecule has 12 heteroatoms. The maximum Gasteiger partial charge on any atom is 0.322 e. The highest BCUT2D eigenvalue weighted by atomic mass is 79.9. The standard InChI is InChI=1S/C22H23BrN4O5S2/c1-32-15-2-3-16-13(10-15)11-26(19(16)28)12-22(20(29)24-21(30)25-22)14-6-8-27(9-7-14)34(31)18-5-4-17(23)33-18/h2-5,10,14H,6-9,11-12H2,1H3,(H2,24,25,29,30). The van der Waals surface area contributed by atoms with Crippen molar-refractivity contribution in [2.75, 3.05) is 26.7 Å². The molecule has 180 valence electrons. The molecule has 9 nitrogen and oxygen atoms in total. The second-order valence-corrected chi connectivity index (χ2v) is 12.8. The molecule has 34 heavy (non-hydrogen) atoms. The molecule has 2 saturated heterocycles. The molecule has 3 aliphatic rings. The van der Waals surface area contributed by atoms with Crippen molar-refractivity contribution >= 4 is 56.1 Å². The molecule has 2 fully saturated rings. The number of thiophene rings is 1. The normalized spacial score (nSPS) is 24.2. The van der Waals surface area contributed by atoms with E-state index in [1.54, 1.807) is 24.1 Å². The van der Waals surface area contributed by atoms with E-state index in [1.165, 1.54) is 11.3 Å². The van der Waals surface area contributed by atoms with E-state index in [9.17, 15) is 18.6 Å². The number of nitrogens with zero attached hydrogens (tertiary/aromatic N) is 2. The van der Waals surface area contributed by atoms with E-state index in [-0.39, 0.29) is 18.4 Å². The predicted octanol–water partition coefficient (Wildman–Crippen LogP) is 2.49. The van der Waals surface area contributed by atoms with Crippen LogP contribution in [0.1, 0.15) is 28.8 Å². The molecule has 1 aromatic heterocycles. The van der Waals surface area contributed by atoms with Gasteiger partial charge in [-0.3, -0.25) is 14.9 Å². The van der Waals surface area contributed by atoms with Gasteiger partial charge in [0.05, 0.1) is 17.4 Å². The second kappa shape index (κ2) is 9.06. The quantitative estimate of drug-likeness (QED) is 0.522. The number of amides is 4. The van der Waals surface area contributed by atoms with Crippen LogP contribution in [-0.2, 0) is 22.3 Å². The number of hydrogen-bond donors (Lipinski definition) is 2. The number of hydrogen-bond acceptors (Lipinski definition) is 6. The number of urea groups is 1. The summed E-state index contributed by atoms with van der Waals surface area (Å²) in [5.41, 5.74) is 0.183. The highest BCUT2D eigenvalue weighted by molar-refractivity contribution is 9.11. The summed E-state index contributed by atoms with van der Waals surface area (Å²) in [4.78, 5) is 40.0. The third-order valence-corrected chi connectivity index (χ3v) is 10.1. The number of fused-ring (bicyclic) bond motifs is 1. The summed E-state index contributed by atoms with van der Waals surface area (Å²) in [6, 6.07) is 8.46. The zero-order valence-electron chi connectivity index (χ0n) is 18.3. The van der Waals surface area contributed by atoms with Crippen LogP contribution < -0.4 is 15.4 Å². The minimum atomic E-state index is -1.28. The fourth-order valence-electron chi connectivity index (χ4n) is 4.98. The first-order valence-corrected chi connectivity index (χ1v) is 13.5. The third-order valence-electron chi connectivity index (χ3n) is 6.71. The molecule has 4 amide bonds. The van der Waals surface area contributed by atoms with Crippen molar-refractivity contribution in [2.45, 2.75) is 29.1 Å². The summed E-state index contributed by atoms with van der Waals surface area (Å²) in [5, 5.41) is 5.22. The molecule has 1 aromatic carbocycles. The van der Waals surface area contributed by atoms with E-state index < -0.39 is 28.5 Å². The summed E-state index contributed by atoms with van der Waals surface area (Å²) in [6.07, 6.45) is 1.13. The monoisotopic (exact) mass is 566 g/mol. The van der Waals surface area contributed by atoms with Crippen molar-refractivity contribution in [1.82, 2.24) is 19.8 Å². The summed E-state index contributed by atoms with van der Waals surface area (Å²) < 4.78 is 21.8. The molecule has 0 aliphatic carbocycles. The van der Waals surface area contributed by atoms with Gasteiger partial charge in [-0.05, 0) is 70.6 Å². The summed E-state index contributed by atoms with van der Waals surface area (Å²) >= 11 is 4.84. The Morgan fingerprint density at radius 3 is 2.59 bits per heavy atom. The van der Waals surface area contributed by atoms with Gasteiger partial charge in [0, 0.05) is 25.2 Å². The van der Waals surface area contributed by atoms with Gasteiger partial charge in [-0.2, -0.15) is 0 Å². The van der Waals surface area contributed by atoms with E-state index in [0.29, 0.717) is 43.8 Å². The first-order valence-electron chi connectivity index (χ1n) is 10.8. The Labute approximate surface area is 211 Å². The van der Waals surface area contributed by atoms with Gasteiger partial charge >= 0.3 is 6.03 Å². The van der Waals surface area contributed by atoms with Crippen LogP contribution in [0.15, 0.2) is 38.3 Å². The number of methoxy groups -OCH3 is 1. The van der Waals surface area contributed by atoms with Crippen molar-refractivity contribution < 1.29 is 23.3 Å². The zero-order valence-corrected chi connectivity index (χ0v) is 21.6. The number of nitrogens with one attached hydrogen (secondary N) is 2. The Balaban J connectivity index is 1.34. The largest absolute Gasteiger partial charge is 0.497 e. The first-order chi connectivity index (χ1) is 16.3. The first kappa shape index (κ1) is 23.5. The van der Waals surface area contributed by atoms with Crippen molar-refractivity contribution in [3.05, 3.63) is 45.2 Å². The topological polar surface area (TPSA) is 108 Å². The van der Waals surface area contributed by atoms with Gasteiger partial charge in [0.2, 0.25) is 0 Å². The van der Waals surface area contributed by atoms with Crippen LogP contribution in [-0.4, -0.2) is 63.5 Å². The fourth-order valence-corrected chi connectivity index (χ4v) is 8.27. The van der Waals surface area contributed by atoms with Gasteiger partial charge in [0.15, 0.2) is 0 Å². The summed E-state index contributed by atoms with van der Waals surface area (Å²) in [6.45, 7) is 1.45. The molecule has 0 saturated carbocycles. The number of benzene rings is 1. The number of imide groups is 1. The van der Waals surface area contributed by atoms with Gasteiger partial charge in [0.25, 0.3) is 11.8 Å².